The summed E-state index contributed by atoms with van der Waals surface area (Å²) >= 11 is 3.23. The van der Waals surface area contributed by atoms with Crippen LogP contribution in [0.5, 0.6) is 0 Å². The Hall–Kier alpha value is -0.510. The van der Waals surface area contributed by atoms with E-state index >= 15 is 0 Å². The third-order valence-corrected chi connectivity index (χ3v) is 3.20. The van der Waals surface area contributed by atoms with Crippen LogP contribution in [-0.2, 0) is 14.4 Å². The number of ketones is 3. The lowest BCUT2D eigenvalue weighted by atomic mass is 9.84. The molecule has 0 saturated carbocycles. The van der Waals surface area contributed by atoms with Crippen LogP contribution in [0.1, 0.15) is 33.6 Å². The monoisotopic (exact) mass is 276 g/mol. The first-order chi connectivity index (χ1) is 6.90. The predicted molar refractivity (Wildman–Crippen MR) is 62.1 cm³/mol. The Morgan fingerprint density at radius 1 is 1.00 bits per heavy atom. The van der Waals surface area contributed by atoms with Crippen molar-refractivity contribution in [1.29, 1.82) is 0 Å². The zero-order valence-corrected chi connectivity index (χ0v) is 11.0. The van der Waals surface area contributed by atoms with E-state index in [4.69, 9.17) is 0 Å². The molecule has 0 fully saturated rings. The molecule has 0 bridgehead atoms. The molecule has 0 radical (unpaired) electrons. The second kappa shape index (κ2) is 6.88. The standard InChI is InChI=1S/C11H17BrO3/c1-7(13)4-5-10(8(2)14)11(6-12)9(3)15/h10-11H,4-6H2,1-3H3. The fourth-order valence-corrected chi connectivity index (χ4v) is 2.45. The average Bonchev–Trinajstić information content (AvgIpc) is 2.10. The van der Waals surface area contributed by atoms with Gasteiger partial charge in [0.25, 0.3) is 0 Å². The van der Waals surface area contributed by atoms with Gasteiger partial charge in [-0.15, -0.1) is 0 Å². The summed E-state index contributed by atoms with van der Waals surface area (Å²) in [6, 6.07) is 0. The number of carbonyl (C=O) groups is 3. The van der Waals surface area contributed by atoms with Crippen molar-refractivity contribution < 1.29 is 14.4 Å². The van der Waals surface area contributed by atoms with Crippen LogP contribution in [0.4, 0.5) is 0 Å². The molecular weight excluding hydrogens is 260 g/mol. The van der Waals surface area contributed by atoms with E-state index in [1.54, 1.807) is 0 Å². The van der Waals surface area contributed by atoms with Crippen LogP contribution >= 0.6 is 15.9 Å². The summed E-state index contributed by atoms with van der Waals surface area (Å²) in [5.74, 6) is -0.600. The van der Waals surface area contributed by atoms with Crippen molar-refractivity contribution in [2.24, 2.45) is 11.8 Å². The molecule has 0 aromatic rings. The third-order valence-electron chi connectivity index (χ3n) is 2.50. The van der Waals surface area contributed by atoms with Crippen molar-refractivity contribution >= 4 is 33.3 Å². The highest BCUT2D eigenvalue weighted by molar-refractivity contribution is 9.09. The summed E-state index contributed by atoms with van der Waals surface area (Å²) < 4.78 is 0. The number of alkyl halides is 1. The fourth-order valence-electron chi connectivity index (χ4n) is 1.55. The van der Waals surface area contributed by atoms with Crippen LogP contribution < -0.4 is 0 Å². The Bertz CT molecular complexity index is 261. The van der Waals surface area contributed by atoms with E-state index in [2.05, 4.69) is 15.9 Å². The van der Waals surface area contributed by atoms with E-state index in [1.807, 2.05) is 0 Å². The highest BCUT2D eigenvalue weighted by atomic mass is 79.9. The molecule has 0 aliphatic rings. The summed E-state index contributed by atoms with van der Waals surface area (Å²) in [4.78, 5) is 33.5. The number of rotatable bonds is 7. The van der Waals surface area contributed by atoms with Crippen LogP contribution in [0.15, 0.2) is 0 Å². The summed E-state index contributed by atoms with van der Waals surface area (Å²) in [6.07, 6.45) is 0.835. The van der Waals surface area contributed by atoms with Crippen LogP contribution in [0, 0.1) is 11.8 Å². The molecule has 0 aromatic heterocycles. The van der Waals surface area contributed by atoms with Crippen molar-refractivity contribution in [3.63, 3.8) is 0 Å². The van der Waals surface area contributed by atoms with E-state index in [0.717, 1.165) is 0 Å². The van der Waals surface area contributed by atoms with Crippen LogP contribution in [-0.4, -0.2) is 22.7 Å². The zero-order chi connectivity index (χ0) is 12.0. The molecule has 0 spiro atoms. The van der Waals surface area contributed by atoms with Gasteiger partial charge in [-0.2, -0.15) is 0 Å². The number of hydrogen-bond acceptors (Lipinski definition) is 3. The zero-order valence-electron chi connectivity index (χ0n) is 9.38. The first-order valence-electron chi connectivity index (χ1n) is 4.96. The third kappa shape index (κ3) is 5.21. The summed E-state index contributed by atoms with van der Waals surface area (Å²) in [5.41, 5.74) is 0. The van der Waals surface area contributed by atoms with Gasteiger partial charge in [0.2, 0.25) is 0 Å². The van der Waals surface area contributed by atoms with Crippen molar-refractivity contribution in [3.8, 4) is 0 Å². The summed E-state index contributed by atoms with van der Waals surface area (Å²) in [7, 11) is 0. The van der Waals surface area contributed by atoms with E-state index in [1.165, 1.54) is 20.8 Å². The smallest absolute Gasteiger partial charge is 0.134 e. The largest absolute Gasteiger partial charge is 0.300 e. The molecule has 3 nitrogen and oxygen atoms in total. The van der Waals surface area contributed by atoms with Gasteiger partial charge in [-0.3, -0.25) is 9.59 Å². The minimum atomic E-state index is -0.328. The van der Waals surface area contributed by atoms with Gasteiger partial charge in [-0.05, 0) is 27.2 Å². The molecule has 15 heavy (non-hydrogen) atoms. The van der Waals surface area contributed by atoms with Gasteiger partial charge < -0.3 is 4.79 Å². The van der Waals surface area contributed by atoms with Crippen molar-refractivity contribution in [2.45, 2.75) is 33.6 Å². The Morgan fingerprint density at radius 3 is 1.73 bits per heavy atom. The van der Waals surface area contributed by atoms with Crippen LogP contribution in [0.2, 0.25) is 0 Å². The Labute approximate surface area is 98.7 Å². The molecule has 0 aromatic carbocycles. The second-order valence-corrected chi connectivity index (χ2v) is 4.48. The minimum Gasteiger partial charge on any atom is -0.300 e. The summed E-state index contributed by atoms with van der Waals surface area (Å²) in [6.45, 7) is 4.45. The number of carbonyl (C=O) groups excluding carboxylic acids is 3. The number of Topliss-reactive ketones (excluding diaryl/α,β-unsaturated/α-hetero) is 3. The maximum Gasteiger partial charge on any atom is 0.134 e. The van der Waals surface area contributed by atoms with E-state index in [9.17, 15) is 14.4 Å². The van der Waals surface area contributed by atoms with E-state index in [-0.39, 0.29) is 29.2 Å². The summed E-state index contributed by atoms with van der Waals surface area (Å²) in [5, 5.41) is 0.477. The molecule has 0 heterocycles. The van der Waals surface area contributed by atoms with E-state index in [0.29, 0.717) is 18.2 Å². The van der Waals surface area contributed by atoms with Gasteiger partial charge in [-0.1, -0.05) is 15.9 Å². The van der Waals surface area contributed by atoms with E-state index < -0.39 is 0 Å². The SMILES string of the molecule is CC(=O)CCC(C(C)=O)C(CBr)C(C)=O. The van der Waals surface area contributed by atoms with Crippen molar-refractivity contribution in [3.05, 3.63) is 0 Å². The topological polar surface area (TPSA) is 51.2 Å². The highest BCUT2D eigenvalue weighted by Gasteiger charge is 2.28. The molecule has 0 amide bonds. The minimum absolute atomic E-state index is 0.00405. The van der Waals surface area contributed by atoms with Gasteiger partial charge >= 0.3 is 0 Å². The molecule has 0 saturated heterocycles. The Morgan fingerprint density at radius 2 is 1.47 bits per heavy atom. The predicted octanol–water partition coefficient (Wildman–Crippen LogP) is 2.16. The van der Waals surface area contributed by atoms with Crippen LogP contribution in [0.25, 0.3) is 0 Å². The molecular formula is C11H17BrO3. The Balaban J connectivity index is 4.55. The molecule has 86 valence electrons. The quantitative estimate of drug-likeness (QED) is 0.670. The molecule has 4 heteroatoms. The van der Waals surface area contributed by atoms with Gasteiger partial charge in [0, 0.05) is 23.6 Å². The lowest BCUT2D eigenvalue weighted by molar-refractivity contribution is -0.130. The number of hydrogen-bond donors (Lipinski definition) is 0. The van der Waals surface area contributed by atoms with Gasteiger partial charge in [0.1, 0.15) is 17.3 Å². The lowest BCUT2D eigenvalue weighted by Crippen LogP contribution is -2.29. The molecule has 2 atom stereocenters. The lowest BCUT2D eigenvalue weighted by Gasteiger charge is -2.20. The van der Waals surface area contributed by atoms with Crippen molar-refractivity contribution in [1.82, 2.24) is 0 Å². The highest BCUT2D eigenvalue weighted by Crippen LogP contribution is 2.22. The van der Waals surface area contributed by atoms with Gasteiger partial charge in [-0.25, -0.2) is 0 Å². The van der Waals surface area contributed by atoms with Gasteiger partial charge in [0.15, 0.2) is 0 Å². The molecule has 0 rings (SSSR count). The molecule has 0 aliphatic heterocycles. The molecule has 2 unspecified atom stereocenters. The van der Waals surface area contributed by atoms with Gasteiger partial charge in [0.05, 0.1) is 0 Å². The average molecular weight is 277 g/mol. The maximum absolute atomic E-state index is 11.4. The normalized spacial score (nSPS) is 14.4. The first kappa shape index (κ1) is 14.5. The second-order valence-electron chi connectivity index (χ2n) is 3.83. The van der Waals surface area contributed by atoms with Crippen molar-refractivity contribution in [2.75, 3.05) is 5.33 Å². The molecule has 0 N–H and O–H groups in total. The van der Waals surface area contributed by atoms with Crippen LogP contribution in [0.3, 0.4) is 0 Å². The maximum atomic E-state index is 11.4. The fraction of sp³-hybridized carbons (Fsp3) is 0.727. The number of halogens is 1. The molecule has 0 aliphatic carbocycles. The Kier molecular flexibility index (Phi) is 6.65. The first-order valence-corrected chi connectivity index (χ1v) is 6.08.